The van der Waals surface area contributed by atoms with Gasteiger partial charge in [0.1, 0.15) is 0 Å². The number of hydrogen-bond donors (Lipinski definition) is 1. The molecule has 1 rings (SSSR count). The van der Waals surface area contributed by atoms with Crippen molar-refractivity contribution >= 4 is 11.6 Å². The summed E-state index contributed by atoms with van der Waals surface area (Å²) in [5.41, 5.74) is 0. The van der Waals surface area contributed by atoms with E-state index in [4.69, 9.17) is 16.3 Å². The minimum atomic E-state index is -0.382. The lowest BCUT2D eigenvalue weighted by Crippen LogP contribution is -2.33. The summed E-state index contributed by atoms with van der Waals surface area (Å²) in [6.45, 7) is 0.539. The summed E-state index contributed by atoms with van der Waals surface area (Å²) >= 11 is 5.45. The third kappa shape index (κ3) is 2.97. The molecule has 0 bridgehead atoms. The Morgan fingerprint density at radius 1 is 1.64 bits per heavy atom. The van der Waals surface area contributed by atoms with Gasteiger partial charge in [0.25, 0.3) is 0 Å². The highest BCUT2D eigenvalue weighted by Gasteiger charge is 2.23. The molecule has 1 aliphatic carbocycles. The highest BCUT2D eigenvalue weighted by molar-refractivity contribution is 6.17. The van der Waals surface area contributed by atoms with E-state index in [1.54, 1.807) is 0 Å². The molecule has 0 aromatic heterocycles. The van der Waals surface area contributed by atoms with E-state index in [-0.39, 0.29) is 12.2 Å². The molecule has 0 saturated heterocycles. The fourth-order valence-electron chi connectivity index (χ4n) is 1.31. The molecular weight excluding hydrogens is 164 g/mol. The zero-order chi connectivity index (χ0) is 8.10. The quantitative estimate of drug-likeness (QED) is 0.660. The van der Waals surface area contributed by atoms with Crippen molar-refractivity contribution in [3.8, 4) is 0 Å². The van der Waals surface area contributed by atoms with Crippen LogP contribution in [0.25, 0.3) is 0 Å². The Morgan fingerprint density at radius 3 is 3.09 bits per heavy atom. The topological polar surface area (TPSA) is 29.5 Å². The van der Waals surface area contributed by atoms with Crippen molar-refractivity contribution in [2.75, 3.05) is 12.5 Å². The van der Waals surface area contributed by atoms with Gasteiger partial charge in [0.2, 0.25) is 0 Å². The predicted octanol–water partition coefficient (Wildman–Crippen LogP) is 1.36. The van der Waals surface area contributed by atoms with E-state index in [0.717, 1.165) is 19.3 Å². The number of aliphatic hydroxyl groups is 1. The van der Waals surface area contributed by atoms with E-state index >= 15 is 0 Å². The van der Waals surface area contributed by atoms with Gasteiger partial charge in [-0.05, 0) is 19.3 Å². The first-order valence-electron chi connectivity index (χ1n) is 4.03. The van der Waals surface area contributed by atoms with Crippen LogP contribution < -0.4 is 0 Å². The summed E-state index contributed by atoms with van der Waals surface area (Å²) in [6, 6.07) is 0. The number of rotatable bonds is 3. The maximum Gasteiger partial charge on any atom is 0.0837 e. The van der Waals surface area contributed by atoms with Crippen molar-refractivity contribution in [1.29, 1.82) is 0 Å². The fraction of sp³-hybridized carbons (Fsp3) is 0.875. The maximum atomic E-state index is 9.37. The number of hydrogen-bond acceptors (Lipinski definition) is 2. The lowest BCUT2D eigenvalue weighted by molar-refractivity contribution is -0.0333. The average Bonchev–Trinajstić information content (AvgIpc) is 2.03. The van der Waals surface area contributed by atoms with Crippen LogP contribution in [-0.4, -0.2) is 29.8 Å². The summed E-state index contributed by atoms with van der Waals surface area (Å²) in [6.07, 6.45) is 4.58. The van der Waals surface area contributed by atoms with E-state index in [1.165, 1.54) is 0 Å². The number of ether oxygens (including phenoxy) is 1. The molecule has 0 spiro atoms. The van der Waals surface area contributed by atoms with Crippen molar-refractivity contribution in [2.45, 2.75) is 31.5 Å². The number of aliphatic hydroxyl groups excluding tert-OH is 1. The first-order valence-corrected chi connectivity index (χ1v) is 4.57. The van der Waals surface area contributed by atoms with Crippen LogP contribution in [0.5, 0.6) is 0 Å². The molecule has 0 aromatic carbocycles. The molecule has 1 fully saturated rings. The molecular formula is C8H14ClO2. The molecule has 2 unspecified atom stereocenters. The molecule has 0 heterocycles. The summed E-state index contributed by atoms with van der Waals surface area (Å²) in [5, 5.41) is 9.37. The standard InChI is InChI=1S/C8H14ClO2/c9-5-6-11-8-4-2-1-3-7(8)10/h3,7-8,10H,1-2,4-6H2. The first kappa shape index (κ1) is 9.30. The van der Waals surface area contributed by atoms with Gasteiger partial charge in [0, 0.05) is 5.88 Å². The van der Waals surface area contributed by atoms with Crippen LogP contribution in [0.1, 0.15) is 19.3 Å². The molecule has 1 N–H and O–H groups in total. The second kappa shape index (κ2) is 4.96. The third-order valence-electron chi connectivity index (χ3n) is 1.89. The Labute approximate surface area is 72.5 Å². The van der Waals surface area contributed by atoms with Crippen LogP contribution in [0.2, 0.25) is 0 Å². The molecule has 1 saturated carbocycles. The molecule has 0 amide bonds. The number of halogens is 1. The van der Waals surface area contributed by atoms with Gasteiger partial charge in [-0.25, -0.2) is 0 Å². The van der Waals surface area contributed by atoms with Crippen molar-refractivity contribution in [1.82, 2.24) is 0 Å². The van der Waals surface area contributed by atoms with Crippen LogP contribution in [0.3, 0.4) is 0 Å². The maximum absolute atomic E-state index is 9.37. The lowest BCUT2D eigenvalue weighted by Gasteiger charge is -2.26. The van der Waals surface area contributed by atoms with Crippen LogP contribution in [0.4, 0.5) is 0 Å². The minimum Gasteiger partial charge on any atom is -0.390 e. The van der Waals surface area contributed by atoms with E-state index < -0.39 is 0 Å². The van der Waals surface area contributed by atoms with Gasteiger partial charge in [0.15, 0.2) is 0 Å². The largest absolute Gasteiger partial charge is 0.390 e. The molecule has 1 aliphatic rings. The monoisotopic (exact) mass is 177 g/mol. The van der Waals surface area contributed by atoms with Crippen molar-refractivity contribution in [3.63, 3.8) is 0 Å². The molecule has 0 aliphatic heterocycles. The van der Waals surface area contributed by atoms with Gasteiger partial charge in [0.05, 0.1) is 18.8 Å². The second-order valence-corrected chi connectivity index (χ2v) is 3.13. The fourth-order valence-corrected chi connectivity index (χ4v) is 1.40. The molecule has 65 valence electrons. The molecule has 2 atom stereocenters. The van der Waals surface area contributed by atoms with Crippen molar-refractivity contribution < 1.29 is 9.84 Å². The predicted molar refractivity (Wildman–Crippen MR) is 44.6 cm³/mol. The van der Waals surface area contributed by atoms with E-state index in [0.29, 0.717) is 12.5 Å². The van der Waals surface area contributed by atoms with Crippen molar-refractivity contribution in [2.24, 2.45) is 0 Å². The van der Waals surface area contributed by atoms with Crippen LogP contribution in [0, 0.1) is 6.42 Å². The van der Waals surface area contributed by atoms with E-state index in [1.807, 2.05) is 6.42 Å². The summed E-state index contributed by atoms with van der Waals surface area (Å²) in [4.78, 5) is 0. The summed E-state index contributed by atoms with van der Waals surface area (Å²) in [7, 11) is 0. The zero-order valence-electron chi connectivity index (χ0n) is 6.50. The Bertz CT molecular complexity index is 108. The lowest BCUT2D eigenvalue weighted by atomic mass is 9.95. The normalized spacial score (nSPS) is 32.2. The van der Waals surface area contributed by atoms with E-state index in [2.05, 4.69) is 0 Å². The molecule has 0 aromatic rings. The SMILES string of the molecule is OC1[CH]CCCC1OCCCl. The minimum absolute atomic E-state index is 0.0116. The average molecular weight is 178 g/mol. The highest BCUT2D eigenvalue weighted by atomic mass is 35.5. The Morgan fingerprint density at radius 2 is 2.45 bits per heavy atom. The third-order valence-corrected chi connectivity index (χ3v) is 2.05. The highest BCUT2D eigenvalue weighted by Crippen LogP contribution is 2.19. The van der Waals surface area contributed by atoms with Gasteiger partial charge in [-0.1, -0.05) is 6.42 Å². The number of alkyl halides is 1. The van der Waals surface area contributed by atoms with Gasteiger partial charge in [-0.15, -0.1) is 11.6 Å². The van der Waals surface area contributed by atoms with Gasteiger partial charge in [-0.2, -0.15) is 0 Å². The molecule has 11 heavy (non-hydrogen) atoms. The molecule has 3 heteroatoms. The van der Waals surface area contributed by atoms with Gasteiger partial charge >= 0.3 is 0 Å². The zero-order valence-corrected chi connectivity index (χ0v) is 7.26. The Kier molecular flexibility index (Phi) is 4.20. The molecule has 1 radical (unpaired) electrons. The molecule has 2 nitrogen and oxygen atoms in total. The second-order valence-electron chi connectivity index (χ2n) is 2.76. The summed E-state index contributed by atoms with van der Waals surface area (Å²) < 4.78 is 5.33. The van der Waals surface area contributed by atoms with Gasteiger partial charge in [-0.3, -0.25) is 0 Å². The first-order chi connectivity index (χ1) is 5.34. The van der Waals surface area contributed by atoms with Gasteiger partial charge < -0.3 is 9.84 Å². The Hall–Kier alpha value is 0.210. The Balaban J connectivity index is 2.18. The van der Waals surface area contributed by atoms with Crippen LogP contribution in [0.15, 0.2) is 0 Å². The van der Waals surface area contributed by atoms with Crippen LogP contribution >= 0.6 is 11.6 Å². The van der Waals surface area contributed by atoms with Crippen molar-refractivity contribution in [3.05, 3.63) is 6.42 Å². The summed E-state index contributed by atoms with van der Waals surface area (Å²) in [5.74, 6) is 0.503. The smallest absolute Gasteiger partial charge is 0.0837 e. The van der Waals surface area contributed by atoms with E-state index in [9.17, 15) is 5.11 Å². The van der Waals surface area contributed by atoms with Crippen LogP contribution in [-0.2, 0) is 4.74 Å².